The first-order valence-corrected chi connectivity index (χ1v) is 11.2. The summed E-state index contributed by atoms with van der Waals surface area (Å²) in [6.45, 7) is 7.66. The molecule has 5 nitrogen and oxygen atoms in total. The number of aromatic nitrogens is 1. The van der Waals surface area contributed by atoms with Gasteiger partial charge < -0.3 is 14.4 Å². The molecule has 0 aliphatic rings. The van der Waals surface area contributed by atoms with E-state index < -0.39 is 0 Å². The molecule has 5 heteroatoms. The molecule has 0 N–H and O–H groups in total. The molecule has 0 bridgehead atoms. The minimum absolute atomic E-state index is 0.0259. The van der Waals surface area contributed by atoms with Crippen molar-refractivity contribution in [2.24, 2.45) is 7.05 Å². The number of amides is 2. The fourth-order valence-corrected chi connectivity index (χ4v) is 3.49. The number of hydrogen-bond acceptors (Lipinski definition) is 2. The topological polar surface area (TPSA) is 45.6 Å². The lowest BCUT2D eigenvalue weighted by atomic mass is 10.1. The van der Waals surface area contributed by atoms with E-state index in [1.807, 2.05) is 72.1 Å². The van der Waals surface area contributed by atoms with Crippen molar-refractivity contribution < 1.29 is 9.59 Å². The third kappa shape index (κ3) is 7.05. The predicted molar refractivity (Wildman–Crippen MR) is 122 cm³/mol. The standard InChI is InChI=1S/C25H37N3O2/c1-5-7-18-27(19-23-14-11-17-26(23)4)25(30)20-28(21(3)6-2)24(29)16-15-22-12-9-8-10-13-22/h8-14,17,21H,5-7,15-16,18-20H2,1-4H3/t21-/m1/s1. The highest BCUT2D eigenvalue weighted by molar-refractivity contribution is 5.85. The minimum atomic E-state index is 0.0259. The third-order valence-corrected chi connectivity index (χ3v) is 5.76. The van der Waals surface area contributed by atoms with E-state index in [2.05, 4.69) is 13.8 Å². The third-order valence-electron chi connectivity index (χ3n) is 5.76. The molecule has 1 atom stereocenters. The lowest BCUT2D eigenvalue weighted by Crippen LogP contribution is -2.46. The van der Waals surface area contributed by atoms with Crippen molar-refractivity contribution in [2.45, 2.75) is 65.5 Å². The molecule has 2 amide bonds. The van der Waals surface area contributed by atoms with Crippen LogP contribution in [0.5, 0.6) is 0 Å². The molecule has 1 aromatic heterocycles. The summed E-state index contributed by atoms with van der Waals surface area (Å²) in [5.74, 6) is 0.0777. The molecule has 0 radical (unpaired) electrons. The van der Waals surface area contributed by atoms with Gasteiger partial charge in [0.2, 0.25) is 11.8 Å². The van der Waals surface area contributed by atoms with Gasteiger partial charge in [0.05, 0.1) is 13.1 Å². The van der Waals surface area contributed by atoms with Crippen LogP contribution in [-0.2, 0) is 29.6 Å². The first-order valence-electron chi connectivity index (χ1n) is 11.2. The largest absolute Gasteiger partial charge is 0.353 e. The number of benzene rings is 1. The van der Waals surface area contributed by atoms with Crippen molar-refractivity contribution in [3.63, 3.8) is 0 Å². The van der Waals surface area contributed by atoms with Crippen LogP contribution in [0.4, 0.5) is 0 Å². The molecule has 2 aromatic rings. The van der Waals surface area contributed by atoms with Crippen LogP contribution in [0.3, 0.4) is 0 Å². The Morgan fingerprint density at radius 2 is 1.77 bits per heavy atom. The van der Waals surface area contributed by atoms with Gasteiger partial charge >= 0.3 is 0 Å². The van der Waals surface area contributed by atoms with Crippen LogP contribution in [0.25, 0.3) is 0 Å². The first-order chi connectivity index (χ1) is 14.5. The van der Waals surface area contributed by atoms with Gasteiger partial charge in [-0.2, -0.15) is 0 Å². The van der Waals surface area contributed by atoms with Gasteiger partial charge in [0.25, 0.3) is 0 Å². The van der Waals surface area contributed by atoms with Crippen molar-refractivity contribution in [3.8, 4) is 0 Å². The SMILES string of the molecule is CCCCN(Cc1cccn1C)C(=O)CN(C(=O)CCc1ccccc1)[C@H](C)CC. The van der Waals surface area contributed by atoms with Crippen molar-refractivity contribution in [2.75, 3.05) is 13.1 Å². The van der Waals surface area contributed by atoms with Crippen LogP contribution in [0.1, 0.15) is 57.7 Å². The highest BCUT2D eigenvalue weighted by atomic mass is 16.2. The summed E-state index contributed by atoms with van der Waals surface area (Å²) < 4.78 is 2.05. The number of carbonyl (C=O) groups is 2. The van der Waals surface area contributed by atoms with Crippen LogP contribution in [0.2, 0.25) is 0 Å². The lowest BCUT2D eigenvalue weighted by Gasteiger charge is -2.31. The maximum absolute atomic E-state index is 13.2. The maximum atomic E-state index is 13.2. The first kappa shape index (κ1) is 23.7. The molecular weight excluding hydrogens is 374 g/mol. The van der Waals surface area contributed by atoms with E-state index in [1.165, 1.54) is 0 Å². The van der Waals surface area contributed by atoms with Gasteiger partial charge in [0.1, 0.15) is 0 Å². The quantitative estimate of drug-likeness (QED) is 0.519. The Bertz CT molecular complexity index is 785. The van der Waals surface area contributed by atoms with Crippen LogP contribution in [0.15, 0.2) is 48.7 Å². The van der Waals surface area contributed by atoms with Crippen LogP contribution >= 0.6 is 0 Å². The molecule has 0 aliphatic heterocycles. The number of hydrogen-bond donors (Lipinski definition) is 0. The summed E-state index contributed by atoms with van der Waals surface area (Å²) in [5, 5.41) is 0. The zero-order chi connectivity index (χ0) is 21.9. The predicted octanol–water partition coefficient (Wildman–Crippen LogP) is 4.41. The van der Waals surface area contributed by atoms with Crippen molar-refractivity contribution in [1.29, 1.82) is 0 Å². The van der Waals surface area contributed by atoms with E-state index in [0.717, 1.165) is 30.5 Å². The van der Waals surface area contributed by atoms with Gasteiger partial charge in [-0.1, -0.05) is 50.6 Å². The van der Waals surface area contributed by atoms with Crippen molar-refractivity contribution in [3.05, 3.63) is 59.9 Å². The monoisotopic (exact) mass is 411 g/mol. The Balaban J connectivity index is 2.06. The van der Waals surface area contributed by atoms with Gasteiger partial charge in [-0.3, -0.25) is 9.59 Å². The Morgan fingerprint density at radius 1 is 1.03 bits per heavy atom. The fourth-order valence-electron chi connectivity index (χ4n) is 3.49. The summed E-state index contributed by atoms with van der Waals surface area (Å²) in [6.07, 6.45) is 5.94. The number of unbranched alkanes of at least 4 members (excludes halogenated alkanes) is 1. The second-order valence-electron chi connectivity index (χ2n) is 8.04. The van der Waals surface area contributed by atoms with E-state index in [1.54, 1.807) is 4.90 Å². The molecule has 0 saturated carbocycles. The summed E-state index contributed by atoms with van der Waals surface area (Å²) in [4.78, 5) is 29.9. The average Bonchev–Trinajstić information content (AvgIpc) is 3.17. The molecule has 0 saturated heterocycles. The van der Waals surface area contributed by atoms with E-state index >= 15 is 0 Å². The second kappa shape index (κ2) is 12.2. The van der Waals surface area contributed by atoms with Gasteiger partial charge in [-0.15, -0.1) is 0 Å². The Morgan fingerprint density at radius 3 is 2.37 bits per heavy atom. The Labute approximate surface area is 181 Å². The molecular formula is C25H37N3O2. The average molecular weight is 412 g/mol. The smallest absolute Gasteiger partial charge is 0.242 e. The summed E-state index contributed by atoms with van der Waals surface area (Å²) in [5.41, 5.74) is 2.25. The molecule has 164 valence electrons. The Kier molecular flexibility index (Phi) is 9.65. The van der Waals surface area contributed by atoms with E-state index in [0.29, 0.717) is 25.9 Å². The summed E-state index contributed by atoms with van der Waals surface area (Å²) in [6, 6.07) is 14.1. The molecule has 0 fully saturated rings. The van der Waals surface area contributed by atoms with Gasteiger partial charge in [0.15, 0.2) is 0 Å². The van der Waals surface area contributed by atoms with Crippen molar-refractivity contribution in [1.82, 2.24) is 14.4 Å². The summed E-state index contributed by atoms with van der Waals surface area (Å²) >= 11 is 0. The molecule has 0 aliphatic carbocycles. The lowest BCUT2D eigenvalue weighted by molar-refractivity contribution is -0.142. The summed E-state index contributed by atoms with van der Waals surface area (Å²) in [7, 11) is 2.00. The highest BCUT2D eigenvalue weighted by Gasteiger charge is 2.24. The molecule has 30 heavy (non-hydrogen) atoms. The number of carbonyl (C=O) groups excluding carboxylic acids is 2. The molecule has 0 unspecified atom stereocenters. The van der Waals surface area contributed by atoms with E-state index in [9.17, 15) is 9.59 Å². The molecule has 2 rings (SSSR count). The Hall–Kier alpha value is -2.56. The molecule has 0 spiro atoms. The van der Waals surface area contributed by atoms with Crippen LogP contribution < -0.4 is 0 Å². The van der Waals surface area contributed by atoms with Crippen molar-refractivity contribution >= 4 is 11.8 Å². The highest BCUT2D eigenvalue weighted by Crippen LogP contribution is 2.13. The zero-order valence-electron chi connectivity index (χ0n) is 19.0. The zero-order valence-corrected chi connectivity index (χ0v) is 19.0. The number of aryl methyl sites for hydroxylation is 2. The van der Waals surface area contributed by atoms with Gasteiger partial charge in [0, 0.05) is 37.9 Å². The van der Waals surface area contributed by atoms with E-state index in [4.69, 9.17) is 0 Å². The number of nitrogens with zero attached hydrogens (tertiary/aromatic N) is 3. The van der Waals surface area contributed by atoms with Crippen LogP contribution in [-0.4, -0.2) is 45.3 Å². The van der Waals surface area contributed by atoms with Gasteiger partial charge in [-0.05, 0) is 43.9 Å². The van der Waals surface area contributed by atoms with E-state index in [-0.39, 0.29) is 24.4 Å². The minimum Gasteiger partial charge on any atom is -0.353 e. The molecule has 1 aromatic carbocycles. The normalized spacial score (nSPS) is 11.9. The van der Waals surface area contributed by atoms with Crippen LogP contribution in [0, 0.1) is 0 Å². The second-order valence-corrected chi connectivity index (χ2v) is 8.04. The maximum Gasteiger partial charge on any atom is 0.242 e. The fraction of sp³-hybridized carbons (Fsp3) is 0.520. The number of rotatable bonds is 12. The van der Waals surface area contributed by atoms with Gasteiger partial charge in [-0.25, -0.2) is 0 Å². The molecule has 1 heterocycles.